The van der Waals surface area contributed by atoms with Crippen molar-refractivity contribution in [2.24, 2.45) is 11.8 Å². The minimum absolute atomic E-state index is 0.547. The maximum atomic E-state index is 4.28. The molecule has 2 rings (SSSR count). The Kier molecular flexibility index (Phi) is 5.12. The lowest BCUT2D eigenvalue weighted by Gasteiger charge is -2.22. The molecule has 0 aliphatic rings. The average molecular weight is 274 g/mol. The molecule has 0 saturated carbocycles. The molecular weight excluding hydrogens is 248 g/mol. The summed E-state index contributed by atoms with van der Waals surface area (Å²) in [5.74, 6) is 2.40. The van der Waals surface area contributed by atoms with Crippen molar-refractivity contribution in [2.45, 2.75) is 53.1 Å². The zero-order valence-corrected chi connectivity index (χ0v) is 13.0. The Hall–Kier alpha value is -1.42. The fourth-order valence-electron chi connectivity index (χ4n) is 2.65. The molecule has 0 saturated heterocycles. The van der Waals surface area contributed by atoms with Crippen molar-refractivity contribution in [2.75, 3.05) is 0 Å². The van der Waals surface area contributed by atoms with Crippen LogP contribution in [0.5, 0.6) is 0 Å². The third-order valence-corrected chi connectivity index (χ3v) is 3.45. The fourth-order valence-corrected chi connectivity index (χ4v) is 2.65. The molecule has 110 valence electrons. The minimum atomic E-state index is 0.547. The maximum Gasteiger partial charge on any atom is 0.160 e. The highest BCUT2D eigenvalue weighted by Gasteiger charge is 2.14. The van der Waals surface area contributed by atoms with Crippen molar-refractivity contribution in [3.05, 3.63) is 30.2 Å². The summed E-state index contributed by atoms with van der Waals surface area (Å²) in [7, 11) is 0. The second-order valence-electron chi connectivity index (χ2n) is 6.38. The van der Waals surface area contributed by atoms with Gasteiger partial charge in [0.25, 0.3) is 0 Å². The molecule has 0 unspecified atom stereocenters. The molecule has 2 aromatic rings. The monoisotopic (exact) mass is 274 g/mol. The van der Waals surface area contributed by atoms with Gasteiger partial charge in [-0.2, -0.15) is 0 Å². The lowest BCUT2D eigenvalue weighted by Crippen LogP contribution is -2.32. The van der Waals surface area contributed by atoms with E-state index >= 15 is 0 Å². The Morgan fingerprint density at radius 2 is 1.75 bits per heavy atom. The molecule has 0 spiro atoms. The average Bonchev–Trinajstić information content (AvgIpc) is 2.78. The summed E-state index contributed by atoms with van der Waals surface area (Å²) in [6, 6.07) is 6.53. The summed E-state index contributed by atoms with van der Waals surface area (Å²) in [6.45, 7) is 9.89. The largest absolute Gasteiger partial charge is 0.307 e. The summed E-state index contributed by atoms with van der Waals surface area (Å²) in [5.41, 5.74) is 0.911. The molecule has 0 bridgehead atoms. The highest BCUT2D eigenvalue weighted by Crippen LogP contribution is 2.14. The molecule has 0 aliphatic carbocycles. The van der Waals surface area contributed by atoms with Crippen molar-refractivity contribution in [1.82, 2.24) is 19.9 Å². The standard InChI is InChI=1S/C16H26N4/c1-12(2)9-14(10-13(3)4)17-11-16-19-18-15-7-5-6-8-20(15)16/h5-8,12-14,17H,9-11H2,1-4H3. The van der Waals surface area contributed by atoms with Crippen LogP contribution in [-0.2, 0) is 6.54 Å². The highest BCUT2D eigenvalue weighted by molar-refractivity contribution is 5.36. The van der Waals surface area contributed by atoms with Crippen LogP contribution in [0.25, 0.3) is 5.65 Å². The first kappa shape index (κ1) is 15.0. The molecule has 0 fully saturated rings. The molecule has 0 radical (unpaired) electrons. The van der Waals surface area contributed by atoms with E-state index in [1.54, 1.807) is 0 Å². The van der Waals surface area contributed by atoms with Gasteiger partial charge in [-0.05, 0) is 36.8 Å². The van der Waals surface area contributed by atoms with Gasteiger partial charge in [-0.1, -0.05) is 33.8 Å². The van der Waals surface area contributed by atoms with E-state index in [4.69, 9.17) is 0 Å². The summed E-state index contributed by atoms with van der Waals surface area (Å²) in [5, 5.41) is 12.1. The van der Waals surface area contributed by atoms with Gasteiger partial charge in [0, 0.05) is 12.2 Å². The second kappa shape index (κ2) is 6.84. The molecule has 20 heavy (non-hydrogen) atoms. The van der Waals surface area contributed by atoms with Crippen LogP contribution in [-0.4, -0.2) is 20.6 Å². The van der Waals surface area contributed by atoms with Gasteiger partial charge in [0.15, 0.2) is 11.5 Å². The molecule has 0 atom stereocenters. The normalized spacial score (nSPS) is 12.2. The lowest BCUT2D eigenvalue weighted by molar-refractivity contribution is 0.355. The SMILES string of the molecule is CC(C)CC(CC(C)C)NCc1nnc2ccccn12. The first-order valence-electron chi connectivity index (χ1n) is 7.58. The highest BCUT2D eigenvalue weighted by atomic mass is 15.3. The number of aromatic nitrogens is 3. The van der Waals surface area contributed by atoms with Gasteiger partial charge in [-0.25, -0.2) is 0 Å². The van der Waals surface area contributed by atoms with Gasteiger partial charge in [-0.3, -0.25) is 4.40 Å². The van der Waals surface area contributed by atoms with Crippen LogP contribution in [0.4, 0.5) is 0 Å². The van der Waals surface area contributed by atoms with E-state index in [-0.39, 0.29) is 0 Å². The van der Waals surface area contributed by atoms with Crippen molar-refractivity contribution < 1.29 is 0 Å². The smallest absolute Gasteiger partial charge is 0.160 e. The number of hydrogen-bond donors (Lipinski definition) is 1. The molecule has 4 heteroatoms. The second-order valence-corrected chi connectivity index (χ2v) is 6.38. The van der Waals surface area contributed by atoms with E-state index in [9.17, 15) is 0 Å². The zero-order chi connectivity index (χ0) is 14.5. The van der Waals surface area contributed by atoms with Gasteiger partial charge < -0.3 is 5.32 Å². The fraction of sp³-hybridized carbons (Fsp3) is 0.625. The van der Waals surface area contributed by atoms with Crippen LogP contribution in [0.2, 0.25) is 0 Å². The Balaban J connectivity index is 2.01. The molecule has 0 aromatic carbocycles. The Morgan fingerprint density at radius 1 is 1.05 bits per heavy atom. The van der Waals surface area contributed by atoms with Crippen LogP contribution >= 0.6 is 0 Å². The van der Waals surface area contributed by atoms with Crippen molar-refractivity contribution in [3.63, 3.8) is 0 Å². The minimum Gasteiger partial charge on any atom is -0.307 e. The van der Waals surface area contributed by atoms with E-state index in [0.29, 0.717) is 17.9 Å². The van der Waals surface area contributed by atoms with E-state index in [2.05, 4.69) is 47.6 Å². The Bertz CT molecular complexity index is 520. The van der Waals surface area contributed by atoms with Gasteiger partial charge in [-0.15, -0.1) is 10.2 Å². The number of rotatable bonds is 7. The predicted molar refractivity (Wildman–Crippen MR) is 82.5 cm³/mol. The zero-order valence-electron chi connectivity index (χ0n) is 13.0. The van der Waals surface area contributed by atoms with E-state index < -0.39 is 0 Å². The van der Waals surface area contributed by atoms with Gasteiger partial charge >= 0.3 is 0 Å². The molecule has 2 aromatic heterocycles. The molecule has 1 N–H and O–H groups in total. The van der Waals surface area contributed by atoms with Gasteiger partial charge in [0.05, 0.1) is 6.54 Å². The van der Waals surface area contributed by atoms with Gasteiger partial charge in [0.2, 0.25) is 0 Å². The molecule has 2 heterocycles. The third-order valence-electron chi connectivity index (χ3n) is 3.45. The molecule has 0 aliphatic heterocycles. The summed E-state index contributed by atoms with van der Waals surface area (Å²) in [6.07, 6.45) is 4.43. The topological polar surface area (TPSA) is 42.2 Å². The number of hydrogen-bond acceptors (Lipinski definition) is 3. The Labute approximate surface area is 121 Å². The van der Waals surface area contributed by atoms with Crippen molar-refractivity contribution >= 4 is 5.65 Å². The number of nitrogens with zero attached hydrogens (tertiary/aromatic N) is 3. The van der Waals surface area contributed by atoms with Crippen molar-refractivity contribution in [1.29, 1.82) is 0 Å². The molecule has 0 amide bonds. The van der Waals surface area contributed by atoms with Crippen LogP contribution < -0.4 is 5.32 Å². The first-order chi connectivity index (χ1) is 9.56. The lowest BCUT2D eigenvalue weighted by atomic mass is 9.95. The summed E-state index contributed by atoms with van der Waals surface area (Å²) < 4.78 is 2.05. The maximum absolute atomic E-state index is 4.28. The molecular formula is C16H26N4. The number of pyridine rings is 1. The van der Waals surface area contributed by atoms with E-state index in [0.717, 1.165) is 18.0 Å². The molecule has 4 nitrogen and oxygen atoms in total. The first-order valence-corrected chi connectivity index (χ1v) is 7.58. The quantitative estimate of drug-likeness (QED) is 0.842. The third kappa shape index (κ3) is 4.04. The predicted octanol–water partition coefficient (Wildman–Crippen LogP) is 3.28. The van der Waals surface area contributed by atoms with Crippen LogP contribution in [0.1, 0.15) is 46.4 Å². The van der Waals surface area contributed by atoms with Crippen LogP contribution in [0, 0.1) is 11.8 Å². The van der Waals surface area contributed by atoms with Crippen molar-refractivity contribution in [3.8, 4) is 0 Å². The number of fused-ring (bicyclic) bond motifs is 1. The van der Waals surface area contributed by atoms with E-state index in [1.807, 2.05) is 24.4 Å². The number of nitrogens with one attached hydrogen (secondary N) is 1. The van der Waals surface area contributed by atoms with Crippen LogP contribution in [0.15, 0.2) is 24.4 Å². The summed E-state index contributed by atoms with van der Waals surface area (Å²) >= 11 is 0. The summed E-state index contributed by atoms with van der Waals surface area (Å²) in [4.78, 5) is 0. The van der Waals surface area contributed by atoms with E-state index in [1.165, 1.54) is 12.8 Å². The van der Waals surface area contributed by atoms with Crippen LogP contribution in [0.3, 0.4) is 0 Å². The van der Waals surface area contributed by atoms with Gasteiger partial charge in [0.1, 0.15) is 0 Å². The Morgan fingerprint density at radius 3 is 2.40 bits per heavy atom.